The molecule has 0 spiro atoms. The fourth-order valence-corrected chi connectivity index (χ4v) is 5.41. The van der Waals surface area contributed by atoms with Crippen molar-refractivity contribution in [2.75, 3.05) is 13.1 Å². The number of Topliss-reactive ketones (excluding diaryl/α,β-unsaturated/α-hetero) is 1. The van der Waals surface area contributed by atoms with Crippen LogP contribution in [0, 0.1) is 0 Å². The maximum absolute atomic E-state index is 12.8. The molecule has 38 heavy (non-hydrogen) atoms. The number of aromatic nitrogens is 1. The first kappa shape index (κ1) is 27.2. The van der Waals surface area contributed by atoms with Gasteiger partial charge in [-0.3, -0.25) is 19.6 Å². The van der Waals surface area contributed by atoms with E-state index >= 15 is 0 Å². The number of thiophene rings is 2. The van der Waals surface area contributed by atoms with Crippen LogP contribution in [0.2, 0.25) is 0 Å². The molecule has 0 aliphatic rings. The van der Waals surface area contributed by atoms with Crippen LogP contribution in [0.15, 0.2) is 71.3 Å². The van der Waals surface area contributed by atoms with Crippen molar-refractivity contribution in [3.63, 3.8) is 0 Å². The number of amides is 1. The average molecular weight is 558 g/mol. The van der Waals surface area contributed by atoms with Crippen molar-refractivity contribution < 1.29 is 27.9 Å². The third-order valence-corrected chi connectivity index (χ3v) is 7.79. The van der Waals surface area contributed by atoms with Gasteiger partial charge in [-0.05, 0) is 60.9 Å². The largest absolute Gasteiger partial charge is 0.506 e. The van der Waals surface area contributed by atoms with Crippen LogP contribution >= 0.6 is 22.7 Å². The van der Waals surface area contributed by atoms with Gasteiger partial charge in [0.25, 0.3) is 5.91 Å². The molecule has 3 heterocycles. The first-order valence-electron chi connectivity index (χ1n) is 11.4. The van der Waals surface area contributed by atoms with Gasteiger partial charge < -0.3 is 10.4 Å². The number of halogens is 3. The van der Waals surface area contributed by atoms with Gasteiger partial charge in [-0.25, -0.2) is 0 Å². The van der Waals surface area contributed by atoms with Crippen LogP contribution in [-0.2, 0) is 12.6 Å². The van der Waals surface area contributed by atoms with Crippen LogP contribution in [0.25, 0.3) is 10.4 Å². The maximum Gasteiger partial charge on any atom is 0.416 e. The van der Waals surface area contributed by atoms with Crippen molar-refractivity contribution in [3.8, 4) is 16.2 Å². The molecule has 0 radical (unpaired) electrons. The molecule has 0 saturated heterocycles. The number of nitrogens with one attached hydrogen (secondary N) is 1. The van der Waals surface area contributed by atoms with Gasteiger partial charge in [-0.1, -0.05) is 12.1 Å². The van der Waals surface area contributed by atoms with E-state index in [9.17, 15) is 27.9 Å². The van der Waals surface area contributed by atoms with Gasteiger partial charge in [0.1, 0.15) is 12.3 Å². The molecule has 0 atom stereocenters. The predicted octanol–water partition coefficient (Wildman–Crippen LogP) is 6.26. The number of hydrogen-bond acceptors (Lipinski definition) is 7. The van der Waals surface area contributed by atoms with Crippen LogP contribution in [0.3, 0.4) is 0 Å². The lowest BCUT2D eigenvalue weighted by Crippen LogP contribution is -2.24. The van der Waals surface area contributed by atoms with Crippen molar-refractivity contribution >= 4 is 40.1 Å². The van der Waals surface area contributed by atoms with Crippen molar-refractivity contribution in [2.45, 2.75) is 19.5 Å². The van der Waals surface area contributed by atoms with Gasteiger partial charge in [0.2, 0.25) is 0 Å². The van der Waals surface area contributed by atoms with Crippen molar-refractivity contribution in [1.82, 2.24) is 10.3 Å². The fourth-order valence-electron chi connectivity index (χ4n) is 3.54. The number of pyridine rings is 1. The third-order valence-electron chi connectivity index (χ3n) is 5.64. The second kappa shape index (κ2) is 11.7. The Morgan fingerprint density at radius 3 is 2.39 bits per heavy atom. The molecule has 196 valence electrons. The van der Waals surface area contributed by atoms with E-state index in [0.29, 0.717) is 44.4 Å². The van der Waals surface area contributed by atoms with Gasteiger partial charge in [-0.2, -0.15) is 13.2 Å². The van der Waals surface area contributed by atoms with Crippen molar-refractivity contribution in [2.24, 2.45) is 4.99 Å². The lowest BCUT2D eigenvalue weighted by atomic mass is 10.1. The number of aromatic hydroxyl groups is 1. The van der Waals surface area contributed by atoms with Gasteiger partial charge in [0.15, 0.2) is 5.78 Å². The highest BCUT2D eigenvalue weighted by atomic mass is 32.1. The average Bonchev–Trinajstić information content (AvgIpc) is 3.55. The Kier molecular flexibility index (Phi) is 8.38. The second-order valence-corrected chi connectivity index (χ2v) is 10.2. The molecule has 0 aliphatic carbocycles. The van der Waals surface area contributed by atoms with Crippen molar-refractivity contribution in [3.05, 3.63) is 92.7 Å². The number of aliphatic imine (C=N–C) groups is 1. The molecule has 1 aromatic carbocycles. The van der Waals surface area contributed by atoms with E-state index in [-0.39, 0.29) is 24.0 Å². The molecule has 3 aromatic heterocycles. The Bertz CT molecular complexity index is 1460. The number of nitrogens with zero attached hydrogens (tertiary/aromatic N) is 2. The fraction of sp³-hybridized carbons (Fsp3) is 0.185. The van der Waals surface area contributed by atoms with E-state index in [2.05, 4.69) is 15.3 Å². The Balaban J connectivity index is 1.36. The van der Waals surface area contributed by atoms with Crippen LogP contribution < -0.4 is 5.32 Å². The molecule has 1 amide bonds. The minimum atomic E-state index is -4.44. The predicted molar refractivity (Wildman–Crippen MR) is 142 cm³/mol. The quantitative estimate of drug-likeness (QED) is 0.188. The van der Waals surface area contributed by atoms with E-state index in [4.69, 9.17) is 0 Å². The molecular formula is C27H22F3N3O3S2. The summed E-state index contributed by atoms with van der Waals surface area (Å²) in [4.78, 5) is 34.5. The summed E-state index contributed by atoms with van der Waals surface area (Å²) in [6, 6.07) is 11.5. The van der Waals surface area contributed by atoms with E-state index in [1.54, 1.807) is 36.8 Å². The number of benzene rings is 1. The van der Waals surface area contributed by atoms with E-state index in [0.717, 1.165) is 29.0 Å². The molecule has 0 fully saturated rings. The molecular weight excluding hydrogens is 535 g/mol. The summed E-state index contributed by atoms with van der Waals surface area (Å²) in [7, 11) is 0. The SMILES string of the molecule is CC(=NCC(=O)c1ccc(C(=O)NCCc2ccncc2)s1)c1csc(-c2ccc(C(F)(F)F)cc2)c1O. The summed E-state index contributed by atoms with van der Waals surface area (Å²) in [5.41, 5.74) is 1.54. The zero-order chi connectivity index (χ0) is 27.3. The number of rotatable bonds is 9. The standard InChI is InChI=1S/C27H22F3N3O3S2/c1-16(20-15-37-25(24(20)35)18-2-4-19(5-3-18)27(28,29)30)33-14-21(34)22-6-7-23(38-22)26(36)32-13-10-17-8-11-31-12-9-17/h2-9,11-12,15,35H,10,13-14H2,1H3,(H,32,36). The third kappa shape index (κ3) is 6.53. The van der Waals surface area contributed by atoms with Gasteiger partial charge in [0, 0.05) is 35.6 Å². The van der Waals surface area contributed by atoms with Crippen LogP contribution in [0.5, 0.6) is 5.75 Å². The highest BCUT2D eigenvalue weighted by molar-refractivity contribution is 7.16. The molecule has 6 nitrogen and oxygen atoms in total. The Morgan fingerprint density at radius 1 is 1.03 bits per heavy atom. The minimum Gasteiger partial charge on any atom is -0.506 e. The highest BCUT2D eigenvalue weighted by Crippen LogP contribution is 2.40. The summed E-state index contributed by atoms with van der Waals surface area (Å²) in [5.74, 6) is -0.644. The summed E-state index contributed by atoms with van der Waals surface area (Å²) in [6.07, 6.45) is -0.396. The molecule has 0 saturated carbocycles. The smallest absolute Gasteiger partial charge is 0.416 e. The lowest BCUT2D eigenvalue weighted by molar-refractivity contribution is -0.137. The first-order chi connectivity index (χ1) is 18.1. The van der Waals surface area contributed by atoms with Crippen LogP contribution in [0.1, 0.15) is 43.0 Å². The highest BCUT2D eigenvalue weighted by Gasteiger charge is 2.30. The van der Waals surface area contributed by atoms with E-state index in [1.807, 2.05) is 12.1 Å². The van der Waals surface area contributed by atoms with Gasteiger partial charge in [-0.15, -0.1) is 22.7 Å². The number of alkyl halides is 3. The number of carbonyl (C=O) groups excluding carboxylic acids is 2. The Hall–Kier alpha value is -3.83. The van der Waals surface area contributed by atoms with Crippen LogP contribution in [-0.4, -0.2) is 40.6 Å². The summed E-state index contributed by atoms with van der Waals surface area (Å²) < 4.78 is 38.5. The summed E-state index contributed by atoms with van der Waals surface area (Å²) in [6.45, 7) is 1.91. The van der Waals surface area contributed by atoms with Gasteiger partial charge in [0.05, 0.1) is 20.2 Å². The molecule has 0 aliphatic heterocycles. The maximum atomic E-state index is 12.8. The molecule has 2 N–H and O–H groups in total. The van der Waals surface area contributed by atoms with Gasteiger partial charge >= 0.3 is 6.18 Å². The number of ketones is 1. The van der Waals surface area contributed by atoms with Crippen molar-refractivity contribution in [1.29, 1.82) is 0 Å². The van der Waals surface area contributed by atoms with Crippen LogP contribution in [0.4, 0.5) is 13.2 Å². The number of hydrogen-bond donors (Lipinski definition) is 2. The zero-order valence-electron chi connectivity index (χ0n) is 20.1. The first-order valence-corrected chi connectivity index (χ1v) is 13.1. The molecule has 4 rings (SSSR count). The normalized spacial score (nSPS) is 11.9. The second-order valence-electron chi connectivity index (χ2n) is 8.25. The minimum absolute atomic E-state index is 0.106. The van der Waals surface area contributed by atoms with E-state index < -0.39 is 11.7 Å². The summed E-state index contributed by atoms with van der Waals surface area (Å²) in [5, 5.41) is 15.1. The van der Waals surface area contributed by atoms with E-state index in [1.165, 1.54) is 23.5 Å². The monoisotopic (exact) mass is 557 g/mol. The molecule has 4 aromatic rings. The Morgan fingerprint density at radius 2 is 1.71 bits per heavy atom. The molecule has 11 heteroatoms. The molecule has 0 unspecified atom stereocenters. The lowest BCUT2D eigenvalue weighted by Gasteiger charge is -2.07. The summed E-state index contributed by atoms with van der Waals surface area (Å²) >= 11 is 2.25. The molecule has 0 bridgehead atoms. The topological polar surface area (TPSA) is 91.7 Å². The number of carbonyl (C=O) groups is 2. The Labute approximate surface area is 224 Å². The zero-order valence-corrected chi connectivity index (χ0v) is 21.7.